The van der Waals surface area contributed by atoms with Gasteiger partial charge in [-0.25, -0.2) is 4.98 Å². The number of nitrogens with two attached hydrogens (primary N) is 1. The van der Waals surface area contributed by atoms with E-state index in [1.54, 1.807) is 6.20 Å². The van der Waals surface area contributed by atoms with Crippen LogP contribution in [0.4, 0.5) is 5.82 Å². The second-order valence-electron chi connectivity index (χ2n) is 5.12. The van der Waals surface area contributed by atoms with E-state index in [-0.39, 0.29) is 5.84 Å². The molecule has 98 valence electrons. The normalized spacial score (nSPS) is 20.0. The number of aromatic nitrogens is 1. The number of anilines is 1. The Kier molecular flexibility index (Phi) is 3.81. The Morgan fingerprint density at radius 3 is 2.89 bits per heavy atom. The van der Waals surface area contributed by atoms with Gasteiger partial charge < -0.3 is 15.5 Å². The van der Waals surface area contributed by atoms with E-state index in [4.69, 9.17) is 11.1 Å². The first-order chi connectivity index (χ1) is 8.56. The predicted molar refractivity (Wildman–Crippen MR) is 74.1 cm³/mol. The predicted octanol–water partition coefficient (Wildman–Crippen LogP) is 0.754. The second-order valence-corrected chi connectivity index (χ2v) is 5.12. The molecule has 2 rings (SSSR count). The number of likely N-dealkylation sites (tertiary alicyclic amines) is 1. The Hall–Kier alpha value is -1.62. The van der Waals surface area contributed by atoms with Gasteiger partial charge in [0.05, 0.1) is 0 Å². The van der Waals surface area contributed by atoms with Gasteiger partial charge in [0.25, 0.3) is 0 Å². The van der Waals surface area contributed by atoms with E-state index < -0.39 is 0 Å². The van der Waals surface area contributed by atoms with Gasteiger partial charge in [-0.15, -0.1) is 0 Å². The highest BCUT2D eigenvalue weighted by molar-refractivity contribution is 5.94. The van der Waals surface area contributed by atoms with Crippen LogP contribution in [0, 0.1) is 11.3 Å². The number of nitrogen functional groups attached to an aromatic ring is 1. The molecule has 0 radical (unpaired) electrons. The van der Waals surface area contributed by atoms with Crippen LogP contribution in [0.25, 0.3) is 0 Å². The zero-order valence-electron chi connectivity index (χ0n) is 11.1. The fourth-order valence-corrected chi connectivity index (χ4v) is 2.43. The minimum Gasteiger partial charge on any atom is -0.384 e. The molecule has 1 fully saturated rings. The minimum atomic E-state index is 0.0640. The summed E-state index contributed by atoms with van der Waals surface area (Å²) >= 11 is 0. The lowest BCUT2D eigenvalue weighted by atomic mass is 10.1. The summed E-state index contributed by atoms with van der Waals surface area (Å²) in [4.78, 5) is 8.89. The van der Waals surface area contributed by atoms with Gasteiger partial charge in [-0.05, 0) is 38.1 Å². The van der Waals surface area contributed by atoms with E-state index in [1.807, 2.05) is 12.1 Å². The van der Waals surface area contributed by atoms with Gasteiger partial charge in [0.1, 0.15) is 11.7 Å². The zero-order valence-corrected chi connectivity index (χ0v) is 11.1. The number of rotatable bonds is 4. The van der Waals surface area contributed by atoms with Crippen molar-refractivity contribution in [3.63, 3.8) is 0 Å². The number of pyridine rings is 1. The van der Waals surface area contributed by atoms with Crippen LogP contribution in [-0.4, -0.2) is 49.4 Å². The third-order valence-electron chi connectivity index (χ3n) is 3.47. The van der Waals surface area contributed by atoms with Crippen molar-refractivity contribution in [3.05, 3.63) is 23.9 Å². The van der Waals surface area contributed by atoms with Crippen molar-refractivity contribution in [2.24, 2.45) is 11.7 Å². The van der Waals surface area contributed by atoms with Crippen LogP contribution in [0.5, 0.6) is 0 Å². The van der Waals surface area contributed by atoms with E-state index in [0.717, 1.165) is 18.9 Å². The van der Waals surface area contributed by atoms with Gasteiger partial charge in [0.2, 0.25) is 0 Å². The molecule has 0 amide bonds. The molecule has 5 nitrogen and oxygen atoms in total. The van der Waals surface area contributed by atoms with E-state index >= 15 is 0 Å². The summed E-state index contributed by atoms with van der Waals surface area (Å²) in [6.45, 7) is 3.38. The second kappa shape index (κ2) is 5.35. The molecule has 0 saturated carbocycles. The Balaban J connectivity index is 1.96. The van der Waals surface area contributed by atoms with Crippen LogP contribution >= 0.6 is 0 Å². The van der Waals surface area contributed by atoms with Crippen LogP contribution in [0.15, 0.2) is 18.3 Å². The number of hydrogen-bond donors (Lipinski definition) is 2. The maximum atomic E-state index is 7.34. The van der Waals surface area contributed by atoms with Crippen molar-refractivity contribution >= 4 is 11.7 Å². The highest BCUT2D eigenvalue weighted by Gasteiger charge is 2.21. The molecule has 5 heteroatoms. The quantitative estimate of drug-likeness (QED) is 0.608. The lowest BCUT2D eigenvalue weighted by Crippen LogP contribution is -2.27. The number of nitrogens with zero attached hydrogens (tertiary/aromatic N) is 3. The smallest absolute Gasteiger partial charge is 0.128 e. The molecule has 1 aliphatic heterocycles. The highest BCUT2D eigenvalue weighted by Crippen LogP contribution is 2.18. The Morgan fingerprint density at radius 2 is 2.39 bits per heavy atom. The first-order valence-corrected chi connectivity index (χ1v) is 6.26. The Bertz CT molecular complexity index is 414. The van der Waals surface area contributed by atoms with Crippen molar-refractivity contribution in [3.8, 4) is 0 Å². The molecule has 2 heterocycles. The van der Waals surface area contributed by atoms with Crippen molar-refractivity contribution in [1.82, 2.24) is 9.88 Å². The molecular weight excluding hydrogens is 226 g/mol. The average Bonchev–Trinajstić information content (AvgIpc) is 2.75. The van der Waals surface area contributed by atoms with Crippen molar-refractivity contribution in [2.45, 2.75) is 6.42 Å². The molecule has 18 heavy (non-hydrogen) atoms. The van der Waals surface area contributed by atoms with Crippen LogP contribution in [-0.2, 0) is 0 Å². The maximum absolute atomic E-state index is 7.34. The van der Waals surface area contributed by atoms with Gasteiger partial charge in [0.15, 0.2) is 0 Å². The Morgan fingerprint density at radius 1 is 1.61 bits per heavy atom. The zero-order chi connectivity index (χ0) is 13.1. The summed E-state index contributed by atoms with van der Waals surface area (Å²) in [6.07, 6.45) is 2.92. The van der Waals surface area contributed by atoms with Crippen LogP contribution < -0.4 is 10.6 Å². The van der Waals surface area contributed by atoms with Crippen molar-refractivity contribution in [2.75, 3.05) is 38.6 Å². The summed E-state index contributed by atoms with van der Waals surface area (Å²) in [5.41, 5.74) is 6.09. The van der Waals surface area contributed by atoms with Crippen molar-refractivity contribution < 1.29 is 0 Å². The first kappa shape index (κ1) is 12.8. The summed E-state index contributed by atoms with van der Waals surface area (Å²) in [6, 6.07) is 3.78. The molecule has 1 aliphatic rings. The van der Waals surface area contributed by atoms with Gasteiger partial charge >= 0.3 is 0 Å². The van der Waals surface area contributed by atoms with Gasteiger partial charge in [0, 0.05) is 31.9 Å². The molecule has 1 saturated heterocycles. The summed E-state index contributed by atoms with van der Waals surface area (Å²) in [5.74, 6) is 1.72. The molecule has 1 aromatic rings. The molecule has 0 bridgehead atoms. The highest BCUT2D eigenvalue weighted by atomic mass is 15.2. The Labute approximate surface area is 108 Å². The third kappa shape index (κ3) is 2.98. The minimum absolute atomic E-state index is 0.0640. The lowest BCUT2D eigenvalue weighted by Gasteiger charge is -2.22. The number of nitrogens with one attached hydrogen (secondary N) is 1. The third-order valence-corrected chi connectivity index (χ3v) is 3.47. The van der Waals surface area contributed by atoms with E-state index in [0.29, 0.717) is 11.5 Å². The summed E-state index contributed by atoms with van der Waals surface area (Å²) < 4.78 is 0. The molecule has 3 N–H and O–H groups in total. The molecule has 1 aromatic heterocycles. The lowest BCUT2D eigenvalue weighted by molar-refractivity contribution is 0.395. The molecule has 1 unspecified atom stereocenters. The molecular formula is C13H21N5. The van der Waals surface area contributed by atoms with Crippen LogP contribution in [0.3, 0.4) is 0 Å². The maximum Gasteiger partial charge on any atom is 0.128 e. The molecule has 0 aliphatic carbocycles. The van der Waals surface area contributed by atoms with Crippen LogP contribution in [0.2, 0.25) is 0 Å². The average molecular weight is 247 g/mol. The van der Waals surface area contributed by atoms with Crippen LogP contribution in [0.1, 0.15) is 12.0 Å². The monoisotopic (exact) mass is 247 g/mol. The van der Waals surface area contributed by atoms with Gasteiger partial charge in [-0.2, -0.15) is 0 Å². The summed E-state index contributed by atoms with van der Waals surface area (Å²) in [7, 11) is 4.23. The van der Waals surface area contributed by atoms with Gasteiger partial charge in [-0.3, -0.25) is 5.41 Å². The molecule has 1 atom stereocenters. The van der Waals surface area contributed by atoms with Gasteiger partial charge in [-0.1, -0.05) is 0 Å². The van der Waals surface area contributed by atoms with E-state index in [9.17, 15) is 0 Å². The number of hydrogen-bond acceptors (Lipinski definition) is 4. The molecule has 0 aromatic carbocycles. The SMILES string of the molecule is CN1CCC(CN(C)c2ccc(C(=N)N)cn2)C1. The largest absolute Gasteiger partial charge is 0.384 e. The first-order valence-electron chi connectivity index (χ1n) is 6.26. The summed E-state index contributed by atoms with van der Waals surface area (Å²) in [5, 5.41) is 7.34. The molecule has 0 spiro atoms. The topological polar surface area (TPSA) is 69.2 Å². The fourth-order valence-electron chi connectivity index (χ4n) is 2.43. The standard InChI is InChI=1S/C13H21N5/c1-17-6-5-10(8-17)9-18(2)12-4-3-11(7-16-12)13(14)15/h3-4,7,10H,5-6,8-9H2,1-2H3,(H3,14,15). The van der Waals surface area contributed by atoms with E-state index in [2.05, 4.69) is 28.9 Å². The van der Waals surface area contributed by atoms with E-state index in [1.165, 1.54) is 13.0 Å². The fraction of sp³-hybridized carbons (Fsp3) is 0.538. The number of amidine groups is 1. The van der Waals surface area contributed by atoms with Crippen molar-refractivity contribution in [1.29, 1.82) is 5.41 Å².